The van der Waals surface area contributed by atoms with Crippen LogP contribution in [0.25, 0.3) is 0 Å². The molecule has 0 unspecified atom stereocenters. The monoisotopic (exact) mass is 407 g/mol. The highest BCUT2D eigenvalue weighted by Gasteiger charge is 2.41. The lowest BCUT2D eigenvalue weighted by Crippen LogP contribution is -2.57. The van der Waals surface area contributed by atoms with Gasteiger partial charge in [-0.05, 0) is 42.1 Å². The maximum absolute atomic E-state index is 9.56. The van der Waals surface area contributed by atoms with E-state index in [1.807, 2.05) is 12.1 Å². The van der Waals surface area contributed by atoms with Gasteiger partial charge in [-0.2, -0.15) is 5.26 Å². The lowest BCUT2D eigenvalue weighted by Gasteiger charge is -2.47. The Morgan fingerprint density at radius 2 is 1.48 bits per heavy atom. The van der Waals surface area contributed by atoms with Crippen molar-refractivity contribution >= 4 is 0 Å². The second-order valence-corrected chi connectivity index (χ2v) is 8.86. The Kier molecular flexibility index (Phi) is 5.84. The minimum Gasteiger partial charge on any atom is -0.296 e. The summed E-state index contributed by atoms with van der Waals surface area (Å²) in [5.74, 6) is 0.344. The van der Waals surface area contributed by atoms with Crippen molar-refractivity contribution in [2.45, 2.75) is 37.4 Å². The van der Waals surface area contributed by atoms with E-state index >= 15 is 0 Å². The molecule has 0 aliphatic carbocycles. The number of hydrogen-bond acceptors (Lipinski definition) is 3. The van der Waals surface area contributed by atoms with Gasteiger partial charge in [0.2, 0.25) is 0 Å². The van der Waals surface area contributed by atoms with E-state index in [0.29, 0.717) is 18.0 Å². The molecule has 2 heterocycles. The molecule has 0 aromatic heterocycles. The van der Waals surface area contributed by atoms with E-state index in [-0.39, 0.29) is 0 Å². The molecule has 2 aliphatic heterocycles. The van der Waals surface area contributed by atoms with Crippen LogP contribution in [0.5, 0.6) is 0 Å². The lowest BCUT2D eigenvalue weighted by atomic mass is 9.82. The number of rotatable bonds is 5. The summed E-state index contributed by atoms with van der Waals surface area (Å²) in [4.78, 5) is 5.36. The van der Waals surface area contributed by atoms with E-state index in [4.69, 9.17) is 0 Å². The summed E-state index contributed by atoms with van der Waals surface area (Å²) in [5, 5.41) is 9.56. The van der Waals surface area contributed by atoms with E-state index < -0.39 is 0 Å². The zero-order chi connectivity index (χ0) is 21.0. The van der Waals surface area contributed by atoms with Gasteiger partial charge in [-0.1, -0.05) is 78.9 Å². The van der Waals surface area contributed by atoms with Crippen molar-refractivity contribution in [1.29, 1.82) is 5.26 Å². The molecule has 0 amide bonds. The second kappa shape index (κ2) is 9.06. The van der Waals surface area contributed by atoms with Crippen LogP contribution in [-0.2, 0) is 6.54 Å². The van der Waals surface area contributed by atoms with Gasteiger partial charge in [-0.3, -0.25) is 9.80 Å². The topological polar surface area (TPSA) is 30.3 Å². The molecule has 31 heavy (non-hydrogen) atoms. The fourth-order valence-electron chi connectivity index (χ4n) is 5.62. The molecule has 5 rings (SSSR count). The van der Waals surface area contributed by atoms with Crippen molar-refractivity contribution in [3.8, 4) is 6.07 Å². The van der Waals surface area contributed by atoms with E-state index in [0.717, 1.165) is 30.8 Å². The van der Waals surface area contributed by atoms with Crippen LogP contribution in [0.4, 0.5) is 0 Å². The van der Waals surface area contributed by atoms with Gasteiger partial charge in [0.25, 0.3) is 0 Å². The van der Waals surface area contributed by atoms with Gasteiger partial charge in [0.15, 0.2) is 0 Å². The molecule has 3 heteroatoms. The molecule has 2 atom stereocenters. The van der Waals surface area contributed by atoms with Crippen LogP contribution >= 0.6 is 0 Å². The molecule has 0 radical (unpaired) electrons. The largest absolute Gasteiger partial charge is 0.296 e. The maximum atomic E-state index is 9.56. The van der Waals surface area contributed by atoms with Crippen molar-refractivity contribution in [2.75, 3.05) is 19.6 Å². The molecule has 2 saturated heterocycles. The maximum Gasteiger partial charge on any atom is 0.0995 e. The van der Waals surface area contributed by atoms with Gasteiger partial charge in [0, 0.05) is 37.6 Å². The Morgan fingerprint density at radius 1 is 0.839 bits per heavy atom. The summed E-state index contributed by atoms with van der Waals surface area (Å²) in [6.45, 7) is 4.15. The smallest absolute Gasteiger partial charge is 0.0995 e. The molecular formula is C28H29N3. The Labute approximate surface area is 185 Å². The second-order valence-electron chi connectivity index (χ2n) is 8.86. The molecule has 0 saturated carbocycles. The first-order valence-corrected chi connectivity index (χ1v) is 11.4. The molecule has 0 spiro atoms. The zero-order valence-electron chi connectivity index (χ0n) is 17.9. The van der Waals surface area contributed by atoms with Crippen LogP contribution in [0.3, 0.4) is 0 Å². The molecule has 2 fully saturated rings. The van der Waals surface area contributed by atoms with Gasteiger partial charge in [-0.25, -0.2) is 0 Å². The molecule has 3 aromatic carbocycles. The lowest BCUT2D eigenvalue weighted by molar-refractivity contribution is 0.0383. The van der Waals surface area contributed by atoms with Gasteiger partial charge < -0.3 is 0 Å². The summed E-state index contributed by atoms with van der Waals surface area (Å²) in [6, 6.07) is 33.5. The van der Waals surface area contributed by atoms with Crippen molar-refractivity contribution in [3.63, 3.8) is 0 Å². The molecular weight excluding hydrogens is 378 g/mol. The van der Waals surface area contributed by atoms with Gasteiger partial charge >= 0.3 is 0 Å². The summed E-state index contributed by atoms with van der Waals surface area (Å²) >= 11 is 0. The van der Waals surface area contributed by atoms with Crippen molar-refractivity contribution < 1.29 is 0 Å². The molecule has 0 N–H and O–H groups in total. The summed E-state index contributed by atoms with van der Waals surface area (Å²) in [5.41, 5.74) is 4.73. The van der Waals surface area contributed by atoms with Crippen LogP contribution < -0.4 is 0 Å². The molecule has 3 nitrogen and oxygen atoms in total. The van der Waals surface area contributed by atoms with E-state index in [1.54, 1.807) is 0 Å². The molecule has 0 bridgehead atoms. The average Bonchev–Trinajstić information content (AvgIpc) is 3.30. The highest BCUT2D eigenvalue weighted by molar-refractivity contribution is 5.38. The minimum atomic E-state index is 0.344. The van der Waals surface area contributed by atoms with E-state index in [2.05, 4.69) is 88.7 Å². The zero-order valence-corrected chi connectivity index (χ0v) is 17.9. The van der Waals surface area contributed by atoms with Crippen LogP contribution in [0.2, 0.25) is 0 Å². The Morgan fingerprint density at radius 3 is 2.16 bits per heavy atom. The number of fused-ring (bicyclic) bond motifs is 1. The first-order valence-electron chi connectivity index (χ1n) is 11.4. The third-order valence-corrected chi connectivity index (χ3v) is 7.00. The third kappa shape index (κ3) is 4.14. The Balaban J connectivity index is 1.50. The van der Waals surface area contributed by atoms with Gasteiger partial charge in [0.05, 0.1) is 11.6 Å². The molecule has 156 valence electrons. The fraction of sp³-hybridized carbons (Fsp3) is 0.321. The standard InChI is InChI=1S/C28H29N3/c29-18-24-14-7-8-15-25(24)19-30-20-26-16-9-17-31(26)27(21-30)28(22-10-3-1-4-11-22)23-12-5-2-6-13-23/h1-8,10-15,26-28H,9,16-17,19-21H2/t26-,27-/m0/s1. The van der Waals surface area contributed by atoms with Crippen LogP contribution in [0, 0.1) is 11.3 Å². The highest BCUT2D eigenvalue weighted by Crippen LogP contribution is 2.37. The van der Waals surface area contributed by atoms with Crippen LogP contribution in [-0.4, -0.2) is 41.5 Å². The predicted octanol–water partition coefficient (Wildman–Crippen LogP) is 5.04. The van der Waals surface area contributed by atoms with Crippen molar-refractivity contribution in [3.05, 3.63) is 107 Å². The van der Waals surface area contributed by atoms with E-state index in [9.17, 15) is 5.26 Å². The highest BCUT2D eigenvalue weighted by atomic mass is 15.3. The average molecular weight is 408 g/mol. The number of benzene rings is 3. The van der Waals surface area contributed by atoms with Crippen molar-refractivity contribution in [2.24, 2.45) is 0 Å². The third-order valence-electron chi connectivity index (χ3n) is 7.00. The number of piperazine rings is 1. The van der Waals surface area contributed by atoms with Crippen LogP contribution in [0.15, 0.2) is 84.9 Å². The SMILES string of the molecule is N#Cc1ccccc1CN1C[C@@H]2CCCN2[C@H](C(c2ccccc2)c2ccccc2)C1. The fourth-order valence-corrected chi connectivity index (χ4v) is 5.62. The Bertz CT molecular complexity index is 1000. The number of nitrogens with zero attached hydrogens (tertiary/aromatic N) is 3. The normalized spacial score (nSPS) is 21.7. The summed E-state index contributed by atoms with van der Waals surface area (Å²) in [7, 11) is 0. The Hall–Kier alpha value is -2.93. The predicted molar refractivity (Wildman–Crippen MR) is 125 cm³/mol. The number of nitriles is 1. The summed E-state index contributed by atoms with van der Waals surface area (Å²) in [6.07, 6.45) is 2.54. The number of hydrogen-bond donors (Lipinski definition) is 0. The first-order chi connectivity index (χ1) is 15.3. The van der Waals surface area contributed by atoms with Gasteiger partial charge in [0.1, 0.15) is 0 Å². The van der Waals surface area contributed by atoms with E-state index in [1.165, 1.54) is 30.5 Å². The first kappa shape index (κ1) is 20.0. The molecule has 2 aliphatic rings. The van der Waals surface area contributed by atoms with Crippen molar-refractivity contribution in [1.82, 2.24) is 9.80 Å². The quantitative estimate of drug-likeness (QED) is 0.594. The molecule has 3 aromatic rings. The van der Waals surface area contributed by atoms with Crippen LogP contribution in [0.1, 0.15) is 41.0 Å². The van der Waals surface area contributed by atoms with Gasteiger partial charge in [-0.15, -0.1) is 0 Å². The summed E-state index contributed by atoms with van der Waals surface area (Å²) < 4.78 is 0. The minimum absolute atomic E-state index is 0.344.